The Morgan fingerprint density at radius 3 is 2.48 bits per heavy atom. The maximum atomic E-state index is 11.9. The van der Waals surface area contributed by atoms with Crippen molar-refractivity contribution >= 4 is 33.7 Å². The Bertz CT molecular complexity index is 656. The molecule has 0 saturated carbocycles. The summed E-state index contributed by atoms with van der Waals surface area (Å²) in [6.07, 6.45) is 1.43. The highest BCUT2D eigenvalue weighted by atomic mass is 32.2. The molecule has 0 aliphatic rings. The molecule has 0 spiro atoms. The molecule has 0 saturated heterocycles. The molecule has 0 radical (unpaired) electrons. The van der Waals surface area contributed by atoms with E-state index in [0.717, 1.165) is 0 Å². The van der Waals surface area contributed by atoms with Gasteiger partial charge in [-0.1, -0.05) is 6.08 Å². The SMILES string of the molecule is C=CCNS(=O)(=O)c1ccc(C(=O)NCCSCC(=O)O)cc1. The Kier molecular flexibility index (Phi) is 7.79. The number of hydrogen-bond donors (Lipinski definition) is 3. The van der Waals surface area contributed by atoms with E-state index in [-0.39, 0.29) is 23.1 Å². The number of carboxylic acids is 1. The lowest BCUT2D eigenvalue weighted by atomic mass is 10.2. The van der Waals surface area contributed by atoms with Crippen LogP contribution in [0.2, 0.25) is 0 Å². The van der Waals surface area contributed by atoms with Gasteiger partial charge in [0.1, 0.15) is 0 Å². The number of amides is 1. The van der Waals surface area contributed by atoms with Crippen LogP contribution >= 0.6 is 11.8 Å². The van der Waals surface area contributed by atoms with E-state index < -0.39 is 16.0 Å². The molecule has 1 rings (SSSR count). The minimum atomic E-state index is -3.61. The molecule has 0 heterocycles. The predicted octanol–water partition coefficient (Wildman–Crippen LogP) is 0.699. The lowest BCUT2D eigenvalue weighted by Gasteiger charge is -2.07. The zero-order valence-corrected chi connectivity index (χ0v) is 14.0. The van der Waals surface area contributed by atoms with Gasteiger partial charge in [0.05, 0.1) is 10.6 Å². The normalized spacial score (nSPS) is 11.0. The molecule has 0 aliphatic carbocycles. The highest BCUT2D eigenvalue weighted by molar-refractivity contribution is 7.99. The quantitative estimate of drug-likeness (QED) is 0.419. The number of benzene rings is 1. The number of carbonyl (C=O) groups is 2. The highest BCUT2D eigenvalue weighted by Gasteiger charge is 2.13. The van der Waals surface area contributed by atoms with Crippen LogP contribution in [0.3, 0.4) is 0 Å². The Labute approximate surface area is 139 Å². The molecular formula is C14H18N2O5S2. The highest BCUT2D eigenvalue weighted by Crippen LogP contribution is 2.10. The molecule has 7 nitrogen and oxygen atoms in total. The molecule has 1 aromatic carbocycles. The molecule has 0 bridgehead atoms. The van der Waals surface area contributed by atoms with Gasteiger partial charge in [0.2, 0.25) is 10.0 Å². The minimum Gasteiger partial charge on any atom is -0.481 e. The second-order valence-electron chi connectivity index (χ2n) is 4.37. The Hall–Kier alpha value is -1.84. The third kappa shape index (κ3) is 6.85. The summed E-state index contributed by atoms with van der Waals surface area (Å²) in [7, 11) is -3.61. The summed E-state index contributed by atoms with van der Waals surface area (Å²) < 4.78 is 26.1. The third-order valence-electron chi connectivity index (χ3n) is 2.60. The smallest absolute Gasteiger partial charge is 0.313 e. The van der Waals surface area contributed by atoms with Gasteiger partial charge in [0.15, 0.2) is 0 Å². The Morgan fingerprint density at radius 1 is 1.26 bits per heavy atom. The van der Waals surface area contributed by atoms with Crippen LogP contribution in [-0.2, 0) is 14.8 Å². The van der Waals surface area contributed by atoms with E-state index in [2.05, 4.69) is 16.6 Å². The van der Waals surface area contributed by atoms with Gasteiger partial charge in [-0.2, -0.15) is 0 Å². The van der Waals surface area contributed by atoms with Crippen LogP contribution in [0.4, 0.5) is 0 Å². The molecule has 1 aromatic rings. The zero-order chi connectivity index (χ0) is 17.3. The summed E-state index contributed by atoms with van der Waals surface area (Å²) in [6.45, 7) is 3.89. The standard InChI is InChI=1S/C14H18N2O5S2/c1-2-7-16-23(20,21)12-5-3-11(4-6-12)14(19)15-8-9-22-10-13(17)18/h2-6,16H,1,7-10H2,(H,15,19)(H,17,18). The van der Waals surface area contributed by atoms with Crippen LogP contribution in [-0.4, -0.2) is 50.0 Å². The average molecular weight is 358 g/mol. The fourth-order valence-corrected chi connectivity index (χ4v) is 3.10. The van der Waals surface area contributed by atoms with Crippen molar-refractivity contribution in [2.75, 3.05) is 24.6 Å². The van der Waals surface area contributed by atoms with E-state index in [9.17, 15) is 18.0 Å². The van der Waals surface area contributed by atoms with Crippen molar-refractivity contribution in [2.24, 2.45) is 0 Å². The number of aliphatic carboxylic acids is 1. The Morgan fingerprint density at radius 2 is 1.91 bits per heavy atom. The van der Waals surface area contributed by atoms with E-state index in [0.29, 0.717) is 17.9 Å². The number of sulfonamides is 1. The van der Waals surface area contributed by atoms with Crippen molar-refractivity contribution in [2.45, 2.75) is 4.90 Å². The summed E-state index contributed by atoms with van der Waals surface area (Å²) in [4.78, 5) is 22.3. The van der Waals surface area contributed by atoms with E-state index in [4.69, 9.17) is 5.11 Å². The summed E-state index contributed by atoms with van der Waals surface area (Å²) >= 11 is 1.20. The first kappa shape index (κ1) is 19.2. The van der Waals surface area contributed by atoms with Gasteiger partial charge in [0.25, 0.3) is 5.91 Å². The lowest BCUT2D eigenvalue weighted by Crippen LogP contribution is -2.26. The monoisotopic (exact) mass is 358 g/mol. The predicted molar refractivity (Wildman–Crippen MR) is 89.1 cm³/mol. The summed E-state index contributed by atoms with van der Waals surface area (Å²) in [5, 5.41) is 11.1. The summed E-state index contributed by atoms with van der Waals surface area (Å²) in [5.74, 6) is -0.775. The van der Waals surface area contributed by atoms with Crippen molar-refractivity contribution < 1.29 is 23.1 Å². The molecule has 0 aromatic heterocycles. The maximum absolute atomic E-state index is 11.9. The van der Waals surface area contributed by atoms with Crippen molar-refractivity contribution in [3.05, 3.63) is 42.5 Å². The third-order valence-corrected chi connectivity index (χ3v) is 4.99. The Balaban J connectivity index is 2.54. The summed E-state index contributed by atoms with van der Waals surface area (Å²) in [5.41, 5.74) is 0.330. The van der Waals surface area contributed by atoms with Gasteiger partial charge < -0.3 is 10.4 Å². The zero-order valence-electron chi connectivity index (χ0n) is 12.3. The van der Waals surface area contributed by atoms with Crippen molar-refractivity contribution in [1.82, 2.24) is 10.0 Å². The van der Waals surface area contributed by atoms with Gasteiger partial charge in [-0.3, -0.25) is 9.59 Å². The molecule has 0 unspecified atom stereocenters. The molecule has 0 fully saturated rings. The first-order valence-electron chi connectivity index (χ1n) is 6.65. The molecule has 126 valence electrons. The number of thioether (sulfide) groups is 1. The van der Waals surface area contributed by atoms with Crippen molar-refractivity contribution in [3.63, 3.8) is 0 Å². The maximum Gasteiger partial charge on any atom is 0.313 e. The number of carboxylic acid groups (broad SMARTS) is 1. The molecule has 1 amide bonds. The number of carbonyl (C=O) groups excluding carboxylic acids is 1. The molecular weight excluding hydrogens is 340 g/mol. The van der Waals surface area contributed by atoms with Crippen molar-refractivity contribution in [3.8, 4) is 0 Å². The van der Waals surface area contributed by atoms with Gasteiger partial charge in [-0.15, -0.1) is 18.3 Å². The van der Waals surface area contributed by atoms with Crippen molar-refractivity contribution in [1.29, 1.82) is 0 Å². The van der Waals surface area contributed by atoms with Crippen LogP contribution < -0.4 is 10.0 Å². The fraction of sp³-hybridized carbons (Fsp3) is 0.286. The van der Waals surface area contributed by atoms with Crippen LogP contribution in [0, 0.1) is 0 Å². The number of rotatable bonds is 10. The molecule has 0 aliphatic heterocycles. The fourth-order valence-electron chi connectivity index (χ4n) is 1.54. The number of hydrogen-bond acceptors (Lipinski definition) is 5. The van der Waals surface area contributed by atoms with Gasteiger partial charge in [0, 0.05) is 24.4 Å². The molecule has 23 heavy (non-hydrogen) atoms. The molecule has 3 N–H and O–H groups in total. The lowest BCUT2D eigenvalue weighted by molar-refractivity contribution is -0.133. The summed E-state index contributed by atoms with van der Waals surface area (Å²) in [6, 6.07) is 5.53. The largest absolute Gasteiger partial charge is 0.481 e. The van der Waals surface area contributed by atoms with Crippen LogP contribution in [0.1, 0.15) is 10.4 Å². The second kappa shape index (κ2) is 9.33. The van der Waals surface area contributed by atoms with E-state index in [1.807, 2.05) is 0 Å². The van der Waals surface area contributed by atoms with Crippen LogP contribution in [0.25, 0.3) is 0 Å². The molecule has 0 atom stereocenters. The average Bonchev–Trinajstić information content (AvgIpc) is 2.52. The van der Waals surface area contributed by atoms with Crippen LogP contribution in [0.5, 0.6) is 0 Å². The minimum absolute atomic E-state index is 0.0138. The van der Waals surface area contributed by atoms with Gasteiger partial charge in [-0.25, -0.2) is 13.1 Å². The number of nitrogens with one attached hydrogen (secondary N) is 2. The van der Waals surface area contributed by atoms with Gasteiger partial charge >= 0.3 is 5.97 Å². The van der Waals surface area contributed by atoms with Crippen LogP contribution in [0.15, 0.2) is 41.8 Å². The van der Waals surface area contributed by atoms with E-state index in [1.54, 1.807) is 0 Å². The van der Waals surface area contributed by atoms with Gasteiger partial charge in [-0.05, 0) is 24.3 Å². The second-order valence-corrected chi connectivity index (χ2v) is 7.24. The topological polar surface area (TPSA) is 113 Å². The van der Waals surface area contributed by atoms with E-state index in [1.165, 1.54) is 42.1 Å². The first-order chi connectivity index (χ1) is 10.9. The molecule has 9 heteroatoms. The van der Waals surface area contributed by atoms with E-state index >= 15 is 0 Å². The first-order valence-corrected chi connectivity index (χ1v) is 9.29.